The second kappa shape index (κ2) is 5.62. The number of ketones is 1. The summed E-state index contributed by atoms with van der Waals surface area (Å²) in [6, 6.07) is 8.79. The van der Waals surface area contributed by atoms with Crippen molar-refractivity contribution < 1.29 is 23.7 Å². The molecule has 6 heteroatoms. The summed E-state index contributed by atoms with van der Waals surface area (Å²) in [6.45, 7) is 0.401. The lowest BCUT2D eigenvalue weighted by Crippen LogP contribution is -1.94. The predicted octanol–water partition coefficient (Wildman–Crippen LogP) is 3.80. The van der Waals surface area contributed by atoms with E-state index in [1.807, 2.05) is 12.1 Å². The molecule has 0 N–H and O–H groups in total. The van der Waals surface area contributed by atoms with Gasteiger partial charge in [0.1, 0.15) is 0 Å². The van der Waals surface area contributed by atoms with Crippen LogP contribution in [-0.4, -0.2) is 19.4 Å². The molecule has 0 fully saturated rings. The van der Waals surface area contributed by atoms with Crippen molar-refractivity contribution in [2.45, 2.75) is 0 Å². The second-order valence-corrected chi connectivity index (χ2v) is 5.85. The molecule has 0 amide bonds. The Morgan fingerprint density at radius 2 is 1.57 bits per heavy atom. The number of carbonyl (C=O) groups excluding carboxylic acids is 1. The Kier molecular flexibility index (Phi) is 3.46. The Morgan fingerprint density at radius 1 is 0.913 bits per heavy atom. The SMILES string of the molecule is O=C(/C=C/c1cc2c(cc1Br)OCO2)c1ccc2c(c1)OCO2. The van der Waals surface area contributed by atoms with E-state index >= 15 is 0 Å². The van der Waals surface area contributed by atoms with Gasteiger partial charge in [-0.25, -0.2) is 0 Å². The van der Waals surface area contributed by atoms with Crippen LogP contribution in [0.5, 0.6) is 23.0 Å². The highest BCUT2D eigenvalue weighted by atomic mass is 79.9. The van der Waals surface area contributed by atoms with Gasteiger partial charge in [0.25, 0.3) is 0 Å². The standard InChI is InChI=1S/C17H11BrO5/c18-12-7-17-16(22-9-23-17)5-10(12)1-3-13(19)11-2-4-14-15(6-11)21-8-20-14/h1-7H,8-9H2/b3-1+. The first-order chi connectivity index (χ1) is 11.2. The molecular formula is C17H11BrO5. The Labute approximate surface area is 140 Å². The number of fused-ring (bicyclic) bond motifs is 2. The zero-order chi connectivity index (χ0) is 15.8. The van der Waals surface area contributed by atoms with E-state index in [2.05, 4.69) is 15.9 Å². The second-order valence-electron chi connectivity index (χ2n) is 4.99. The van der Waals surface area contributed by atoms with E-state index < -0.39 is 0 Å². The molecule has 116 valence electrons. The maximum absolute atomic E-state index is 12.3. The van der Waals surface area contributed by atoms with E-state index in [4.69, 9.17) is 18.9 Å². The van der Waals surface area contributed by atoms with Crippen molar-refractivity contribution in [1.29, 1.82) is 0 Å². The first kappa shape index (κ1) is 14.1. The Bertz CT molecular complexity index is 828. The summed E-state index contributed by atoms with van der Waals surface area (Å²) in [5.74, 6) is 2.49. The van der Waals surface area contributed by atoms with Crippen LogP contribution in [0.1, 0.15) is 15.9 Å². The van der Waals surface area contributed by atoms with E-state index in [9.17, 15) is 4.79 Å². The largest absolute Gasteiger partial charge is 0.454 e. The minimum Gasteiger partial charge on any atom is -0.454 e. The zero-order valence-electron chi connectivity index (χ0n) is 11.9. The van der Waals surface area contributed by atoms with Gasteiger partial charge in [-0.3, -0.25) is 4.79 Å². The molecule has 0 saturated heterocycles. The van der Waals surface area contributed by atoms with Gasteiger partial charge < -0.3 is 18.9 Å². The molecule has 0 saturated carbocycles. The van der Waals surface area contributed by atoms with Crippen molar-refractivity contribution in [3.8, 4) is 23.0 Å². The molecule has 0 aliphatic carbocycles. The fourth-order valence-electron chi connectivity index (χ4n) is 2.37. The molecule has 0 bridgehead atoms. The van der Waals surface area contributed by atoms with Crippen molar-refractivity contribution >= 4 is 27.8 Å². The molecule has 0 radical (unpaired) electrons. The highest BCUT2D eigenvalue weighted by Gasteiger charge is 2.17. The third-order valence-corrected chi connectivity index (χ3v) is 4.25. The van der Waals surface area contributed by atoms with Crippen LogP contribution in [0.25, 0.3) is 6.08 Å². The van der Waals surface area contributed by atoms with Crippen LogP contribution >= 0.6 is 15.9 Å². The lowest BCUT2D eigenvalue weighted by molar-refractivity contribution is 0.104. The average molecular weight is 375 g/mol. The van der Waals surface area contributed by atoms with Gasteiger partial charge in [0, 0.05) is 10.0 Å². The number of carbonyl (C=O) groups is 1. The van der Waals surface area contributed by atoms with Crippen LogP contribution in [-0.2, 0) is 0 Å². The number of hydrogen-bond donors (Lipinski definition) is 0. The lowest BCUT2D eigenvalue weighted by Gasteiger charge is -2.02. The minimum absolute atomic E-state index is 0.118. The van der Waals surface area contributed by atoms with Crippen molar-refractivity contribution in [2.75, 3.05) is 13.6 Å². The van der Waals surface area contributed by atoms with Gasteiger partial charge in [-0.2, -0.15) is 0 Å². The molecule has 2 aliphatic heterocycles. The van der Waals surface area contributed by atoms with Crippen LogP contribution in [0.3, 0.4) is 0 Å². The van der Waals surface area contributed by atoms with Crippen molar-refractivity contribution in [1.82, 2.24) is 0 Å². The molecule has 0 atom stereocenters. The summed E-state index contributed by atoms with van der Waals surface area (Å²) >= 11 is 3.46. The molecular weight excluding hydrogens is 364 g/mol. The molecule has 0 aromatic heterocycles. The first-order valence-corrected chi connectivity index (χ1v) is 7.71. The molecule has 5 nitrogen and oxygen atoms in total. The summed E-state index contributed by atoms with van der Waals surface area (Å²) in [5, 5.41) is 0. The predicted molar refractivity (Wildman–Crippen MR) is 86.2 cm³/mol. The van der Waals surface area contributed by atoms with Crippen LogP contribution in [0.2, 0.25) is 0 Å². The maximum atomic E-state index is 12.3. The van der Waals surface area contributed by atoms with Crippen LogP contribution in [0.4, 0.5) is 0 Å². The van der Waals surface area contributed by atoms with E-state index in [0.717, 1.165) is 10.0 Å². The fraction of sp³-hybridized carbons (Fsp3) is 0.118. The smallest absolute Gasteiger partial charge is 0.231 e. The first-order valence-electron chi connectivity index (χ1n) is 6.92. The van der Waals surface area contributed by atoms with Crippen LogP contribution < -0.4 is 18.9 Å². The van der Waals surface area contributed by atoms with E-state index in [0.29, 0.717) is 28.6 Å². The zero-order valence-corrected chi connectivity index (χ0v) is 13.5. The summed E-state index contributed by atoms with van der Waals surface area (Å²) < 4.78 is 22.0. The lowest BCUT2D eigenvalue weighted by atomic mass is 10.1. The number of benzene rings is 2. The summed E-state index contributed by atoms with van der Waals surface area (Å²) in [7, 11) is 0. The molecule has 23 heavy (non-hydrogen) atoms. The van der Waals surface area contributed by atoms with Gasteiger partial charge in [0.2, 0.25) is 13.6 Å². The molecule has 2 aliphatic rings. The summed E-state index contributed by atoms with van der Waals surface area (Å²) in [4.78, 5) is 12.3. The number of allylic oxidation sites excluding steroid dienone is 1. The van der Waals surface area contributed by atoms with Gasteiger partial charge in [-0.05, 0) is 48.0 Å². The maximum Gasteiger partial charge on any atom is 0.231 e. The van der Waals surface area contributed by atoms with Gasteiger partial charge >= 0.3 is 0 Å². The molecule has 2 heterocycles. The van der Waals surface area contributed by atoms with E-state index in [-0.39, 0.29) is 19.4 Å². The van der Waals surface area contributed by atoms with E-state index in [1.165, 1.54) is 6.08 Å². The van der Waals surface area contributed by atoms with Gasteiger partial charge in [0.15, 0.2) is 28.8 Å². The third-order valence-electron chi connectivity index (χ3n) is 3.56. The van der Waals surface area contributed by atoms with Crippen LogP contribution in [0, 0.1) is 0 Å². The van der Waals surface area contributed by atoms with Gasteiger partial charge in [-0.15, -0.1) is 0 Å². The number of rotatable bonds is 3. The van der Waals surface area contributed by atoms with Crippen molar-refractivity contribution in [3.05, 3.63) is 52.0 Å². The average Bonchev–Trinajstić information content (AvgIpc) is 3.19. The molecule has 4 rings (SSSR count). The molecule has 2 aromatic carbocycles. The van der Waals surface area contributed by atoms with Crippen molar-refractivity contribution in [3.63, 3.8) is 0 Å². The van der Waals surface area contributed by atoms with Crippen LogP contribution in [0.15, 0.2) is 40.9 Å². The molecule has 0 unspecified atom stereocenters. The third kappa shape index (κ3) is 2.66. The monoisotopic (exact) mass is 374 g/mol. The normalized spacial score (nSPS) is 14.5. The quantitative estimate of drug-likeness (QED) is 0.604. The summed E-state index contributed by atoms with van der Waals surface area (Å²) in [5.41, 5.74) is 1.38. The highest BCUT2D eigenvalue weighted by Crippen LogP contribution is 2.37. The van der Waals surface area contributed by atoms with Gasteiger partial charge in [0.05, 0.1) is 0 Å². The number of hydrogen-bond acceptors (Lipinski definition) is 5. The number of ether oxygens (including phenoxy) is 4. The summed E-state index contributed by atoms with van der Waals surface area (Å²) in [6.07, 6.45) is 3.25. The highest BCUT2D eigenvalue weighted by molar-refractivity contribution is 9.10. The van der Waals surface area contributed by atoms with Crippen molar-refractivity contribution in [2.24, 2.45) is 0 Å². The van der Waals surface area contributed by atoms with Gasteiger partial charge in [-0.1, -0.05) is 15.9 Å². The molecule has 2 aromatic rings. The minimum atomic E-state index is -0.118. The Morgan fingerprint density at radius 3 is 2.35 bits per heavy atom. The Hall–Kier alpha value is -2.47. The van der Waals surface area contributed by atoms with E-state index in [1.54, 1.807) is 24.3 Å². The number of halogens is 1. The molecule has 0 spiro atoms. The topological polar surface area (TPSA) is 54.0 Å². The Balaban J connectivity index is 1.58. The fourth-order valence-corrected chi connectivity index (χ4v) is 2.83.